The van der Waals surface area contributed by atoms with Crippen molar-refractivity contribution >= 4 is 15.9 Å². The summed E-state index contributed by atoms with van der Waals surface area (Å²) in [7, 11) is 0. The minimum Gasteiger partial charge on any atom is -0.327 e. The summed E-state index contributed by atoms with van der Waals surface area (Å²) >= 11 is 3.42. The van der Waals surface area contributed by atoms with Gasteiger partial charge in [0.15, 0.2) is 0 Å². The summed E-state index contributed by atoms with van der Waals surface area (Å²) in [6.07, 6.45) is 5.77. The molecule has 98 valence electrons. The molecule has 1 aromatic heterocycles. The molecule has 4 heteroatoms. The first-order valence-corrected chi connectivity index (χ1v) is 7.60. The molecule has 0 amide bonds. The predicted molar refractivity (Wildman–Crippen MR) is 76.0 cm³/mol. The van der Waals surface area contributed by atoms with Gasteiger partial charge in [0.25, 0.3) is 0 Å². The van der Waals surface area contributed by atoms with Gasteiger partial charge in [-0.15, -0.1) is 0 Å². The second-order valence-corrected chi connectivity index (χ2v) is 6.60. The SMILES string of the molecule is NC1CCCC2CN(Cc3ccc(Br)cn3)CC12. The number of hydrogen-bond acceptors (Lipinski definition) is 3. The quantitative estimate of drug-likeness (QED) is 0.912. The predicted octanol–water partition coefficient (Wildman–Crippen LogP) is 2.40. The van der Waals surface area contributed by atoms with Crippen LogP contribution in [-0.4, -0.2) is 29.0 Å². The van der Waals surface area contributed by atoms with E-state index in [0.717, 1.165) is 29.2 Å². The number of likely N-dealkylation sites (tertiary alicyclic amines) is 1. The lowest BCUT2D eigenvalue weighted by atomic mass is 9.78. The van der Waals surface area contributed by atoms with Crippen LogP contribution in [0.4, 0.5) is 0 Å². The largest absolute Gasteiger partial charge is 0.327 e. The van der Waals surface area contributed by atoms with Crippen LogP contribution in [0.15, 0.2) is 22.8 Å². The molecule has 2 heterocycles. The van der Waals surface area contributed by atoms with Crippen molar-refractivity contribution in [3.63, 3.8) is 0 Å². The normalized spacial score (nSPS) is 32.4. The van der Waals surface area contributed by atoms with Crippen LogP contribution < -0.4 is 5.73 Å². The second-order valence-electron chi connectivity index (χ2n) is 5.68. The Bertz CT molecular complexity index is 406. The molecule has 0 spiro atoms. The topological polar surface area (TPSA) is 42.1 Å². The van der Waals surface area contributed by atoms with Crippen LogP contribution in [-0.2, 0) is 6.54 Å². The Morgan fingerprint density at radius 3 is 2.94 bits per heavy atom. The van der Waals surface area contributed by atoms with E-state index >= 15 is 0 Å². The molecule has 1 aliphatic carbocycles. The Balaban J connectivity index is 1.63. The minimum atomic E-state index is 0.423. The van der Waals surface area contributed by atoms with Crippen molar-refractivity contribution in [1.29, 1.82) is 0 Å². The van der Waals surface area contributed by atoms with Gasteiger partial charge in [0.1, 0.15) is 0 Å². The molecule has 0 aromatic carbocycles. The molecule has 2 fully saturated rings. The second kappa shape index (κ2) is 5.27. The zero-order chi connectivity index (χ0) is 12.5. The number of nitrogens with zero attached hydrogens (tertiary/aromatic N) is 2. The molecule has 1 saturated carbocycles. The van der Waals surface area contributed by atoms with Crippen LogP contribution in [0.1, 0.15) is 25.0 Å². The van der Waals surface area contributed by atoms with Gasteiger partial charge >= 0.3 is 0 Å². The Morgan fingerprint density at radius 1 is 1.33 bits per heavy atom. The maximum atomic E-state index is 6.25. The summed E-state index contributed by atoms with van der Waals surface area (Å²) in [5, 5.41) is 0. The van der Waals surface area contributed by atoms with Crippen LogP contribution in [0.25, 0.3) is 0 Å². The molecule has 3 rings (SSSR count). The Hall–Kier alpha value is -0.450. The lowest BCUT2D eigenvalue weighted by molar-refractivity contribution is 0.259. The lowest BCUT2D eigenvalue weighted by Crippen LogP contribution is -2.38. The van der Waals surface area contributed by atoms with Gasteiger partial charge < -0.3 is 5.73 Å². The first-order valence-electron chi connectivity index (χ1n) is 6.81. The maximum absolute atomic E-state index is 6.25. The Kier molecular flexibility index (Phi) is 3.68. The summed E-state index contributed by atoms with van der Waals surface area (Å²) in [6, 6.07) is 4.59. The van der Waals surface area contributed by atoms with E-state index in [1.807, 2.05) is 6.20 Å². The summed E-state index contributed by atoms with van der Waals surface area (Å²) < 4.78 is 1.04. The molecule has 1 aromatic rings. The number of aromatic nitrogens is 1. The number of halogens is 1. The monoisotopic (exact) mass is 309 g/mol. The van der Waals surface area contributed by atoms with Crippen molar-refractivity contribution in [1.82, 2.24) is 9.88 Å². The van der Waals surface area contributed by atoms with Gasteiger partial charge in [-0.25, -0.2) is 0 Å². The van der Waals surface area contributed by atoms with Crippen LogP contribution in [0.5, 0.6) is 0 Å². The minimum absolute atomic E-state index is 0.423. The average Bonchev–Trinajstić information content (AvgIpc) is 2.76. The molecular formula is C14H20BrN3. The zero-order valence-corrected chi connectivity index (χ0v) is 12.1. The third kappa shape index (κ3) is 2.60. The van der Waals surface area contributed by atoms with Crippen molar-refractivity contribution < 1.29 is 0 Å². The smallest absolute Gasteiger partial charge is 0.0544 e. The number of fused-ring (bicyclic) bond motifs is 1. The molecule has 2 N–H and O–H groups in total. The fourth-order valence-electron chi connectivity index (χ4n) is 3.47. The summed E-state index contributed by atoms with van der Waals surface area (Å²) in [6.45, 7) is 3.33. The summed E-state index contributed by atoms with van der Waals surface area (Å²) in [5.74, 6) is 1.54. The van der Waals surface area contributed by atoms with E-state index in [1.165, 1.54) is 25.8 Å². The van der Waals surface area contributed by atoms with E-state index in [2.05, 4.69) is 37.9 Å². The van der Waals surface area contributed by atoms with Crippen molar-refractivity contribution in [2.75, 3.05) is 13.1 Å². The van der Waals surface area contributed by atoms with Crippen LogP contribution in [0.2, 0.25) is 0 Å². The molecule has 0 bridgehead atoms. The van der Waals surface area contributed by atoms with Crippen LogP contribution in [0.3, 0.4) is 0 Å². The first kappa shape index (κ1) is 12.6. The van der Waals surface area contributed by atoms with Crippen LogP contribution in [0, 0.1) is 11.8 Å². The molecule has 3 atom stereocenters. The molecule has 0 radical (unpaired) electrons. The Morgan fingerprint density at radius 2 is 2.22 bits per heavy atom. The molecule has 3 nitrogen and oxygen atoms in total. The van der Waals surface area contributed by atoms with E-state index in [0.29, 0.717) is 12.0 Å². The van der Waals surface area contributed by atoms with Crippen molar-refractivity contribution in [3.8, 4) is 0 Å². The average molecular weight is 310 g/mol. The van der Waals surface area contributed by atoms with E-state index in [-0.39, 0.29) is 0 Å². The molecule has 3 unspecified atom stereocenters. The summed E-state index contributed by atoms with van der Waals surface area (Å²) in [5.41, 5.74) is 7.40. The molecular weight excluding hydrogens is 290 g/mol. The molecule has 1 saturated heterocycles. The molecule has 2 aliphatic rings. The standard InChI is InChI=1S/C14H20BrN3/c15-11-4-5-12(17-6-11)8-18-7-10-2-1-3-14(16)13(10)9-18/h4-6,10,13-14H,1-3,7-9,16H2. The van der Waals surface area contributed by atoms with Crippen molar-refractivity contribution in [3.05, 3.63) is 28.5 Å². The van der Waals surface area contributed by atoms with Crippen LogP contribution >= 0.6 is 15.9 Å². The van der Waals surface area contributed by atoms with Crippen molar-refractivity contribution in [2.45, 2.75) is 31.8 Å². The highest BCUT2D eigenvalue weighted by molar-refractivity contribution is 9.10. The van der Waals surface area contributed by atoms with Gasteiger partial charge in [0.05, 0.1) is 5.69 Å². The fourth-order valence-corrected chi connectivity index (χ4v) is 3.70. The zero-order valence-electron chi connectivity index (χ0n) is 10.6. The first-order chi connectivity index (χ1) is 8.72. The van der Waals surface area contributed by atoms with Gasteiger partial charge in [-0.2, -0.15) is 0 Å². The Labute approximate surface area is 117 Å². The van der Waals surface area contributed by atoms with Gasteiger partial charge in [0, 0.05) is 36.3 Å². The fraction of sp³-hybridized carbons (Fsp3) is 0.643. The number of rotatable bonds is 2. The van der Waals surface area contributed by atoms with E-state index < -0.39 is 0 Å². The van der Waals surface area contributed by atoms with Gasteiger partial charge in [-0.3, -0.25) is 9.88 Å². The van der Waals surface area contributed by atoms with E-state index in [9.17, 15) is 0 Å². The van der Waals surface area contributed by atoms with Gasteiger partial charge in [0.2, 0.25) is 0 Å². The molecule has 18 heavy (non-hydrogen) atoms. The summed E-state index contributed by atoms with van der Waals surface area (Å²) in [4.78, 5) is 6.98. The third-order valence-electron chi connectivity index (χ3n) is 4.40. The highest BCUT2D eigenvalue weighted by atomic mass is 79.9. The highest BCUT2D eigenvalue weighted by Crippen LogP contribution is 2.35. The number of pyridine rings is 1. The van der Waals surface area contributed by atoms with Gasteiger partial charge in [-0.1, -0.05) is 6.42 Å². The van der Waals surface area contributed by atoms with Gasteiger partial charge in [-0.05, 0) is 52.7 Å². The highest BCUT2D eigenvalue weighted by Gasteiger charge is 2.38. The van der Waals surface area contributed by atoms with E-state index in [4.69, 9.17) is 5.73 Å². The maximum Gasteiger partial charge on any atom is 0.0544 e. The number of hydrogen-bond donors (Lipinski definition) is 1. The third-order valence-corrected chi connectivity index (χ3v) is 4.87. The van der Waals surface area contributed by atoms with E-state index in [1.54, 1.807) is 0 Å². The molecule has 1 aliphatic heterocycles. The number of nitrogens with two attached hydrogens (primary N) is 1. The lowest BCUT2D eigenvalue weighted by Gasteiger charge is -2.29. The van der Waals surface area contributed by atoms with Crippen molar-refractivity contribution in [2.24, 2.45) is 17.6 Å².